The van der Waals surface area contributed by atoms with Crippen molar-refractivity contribution in [1.82, 2.24) is 10.2 Å². The van der Waals surface area contributed by atoms with Gasteiger partial charge >= 0.3 is 6.03 Å². The number of carbonyl (C=O) groups excluding carboxylic acids is 2. The molecule has 0 radical (unpaired) electrons. The predicted octanol–water partition coefficient (Wildman–Crippen LogP) is 1.56. The Morgan fingerprint density at radius 1 is 1.39 bits per heavy atom. The zero-order valence-corrected chi connectivity index (χ0v) is 10.4. The molecule has 1 aliphatic heterocycles. The fraction of sp³-hybridized carbons (Fsp3) is 0.385. The van der Waals surface area contributed by atoms with E-state index in [1.165, 1.54) is 4.90 Å². The van der Waals surface area contributed by atoms with Gasteiger partial charge in [0.15, 0.2) is 0 Å². The Labute approximate surface area is 106 Å². The molecule has 0 aliphatic carbocycles. The van der Waals surface area contributed by atoms with Crippen LogP contribution in [0.3, 0.4) is 0 Å². The molecule has 0 bridgehead atoms. The first kappa shape index (κ1) is 12.4. The molecule has 0 atom stereocenters. The number of nitrogens with zero attached hydrogens (tertiary/aromatic N) is 1. The summed E-state index contributed by atoms with van der Waals surface area (Å²) in [5.41, 5.74) is 1.74. The number of nitrogens with one attached hydrogen (secondary N) is 2. The van der Waals surface area contributed by atoms with Crippen LogP contribution in [0.4, 0.5) is 10.5 Å². The van der Waals surface area contributed by atoms with Crippen molar-refractivity contribution in [3.05, 3.63) is 29.8 Å². The highest BCUT2D eigenvalue weighted by molar-refractivity contribution is 5.96. The van der Waals surface area contributed by atoms with Crippen LogP contribution >= 0.6 is 0 Å². The number of rotatable bonds is 2. The summed E-state index contributed by atoms with van der Waals surface area (Å²) < 4.78 is 0. The first-order valence-corrected chi connectivity index (χ1v) is 6.11. The lowest BCUT2D eigenvalue weighted by molar-refractivity contribution is -0.116. The molecule has 1 aliphatic rings. The molecule has 3 amide bonds. The monoisotopic (exact) mass is 247 g/mol. The lowest BCUT2D eigenvalue weighted by Gasteiger charge is -2.19. The van der Waals surface area contributed by atoms with Crippen LogP contribution in [0.2, 0.25) is 0 Å². The Bertz CT molecular complexity index is 459. The van der Waals surface area contributed by atoms with Gasteiger partial charge in [-0.2, -0.15) is 0 Å². The average Bonchev–Trinajstić information content (AvgIpc) is 2.53. The average molecular weight is 247 g/mol. The van der Waals surface area contributed by atoms with Crippen LogP contribution in [0.1, 0.15) is 18.9 Å². The van der Waals surface area contributed by atoms with Crippen molar-refractivity contribution < 1.29 is 9.59 Å². The van der Waals surface area contributed by atoms with Gasteiger partial charge < -0.3 is 15.5 Å². The van der Waals surface area contributed by atoms with Gasteiger partial charge in [0.05, 0.1) is 6.54 Å². The molecule has 1 aromatic rings. The fourth-order valence-electron chi connectivity index (χ4n) is 1.89. The SMILES string of the molecule is CCCNC(=O)N1CC(=O)Nc2ccccc2C1. The van der Waals surface area contributed by atoms with Crippen molar-refractivity contribution in [1.29, 1.82) is 0 Å². The van der Waals surface area contributed by atoms with Gasteiger partial charge in [0.1, 0.15) is 6.54 Å². The maximum absolute atomic E-state index is 11.9. The largest absolute Gasteiger partial charge is 0.338 e. The first-order valence-electron chi connectivity index (χ1n) is 6.11. The summed E-state index contributed by atoms with van der Waals surface area (Å²) in [6.07, 6.45) is 0.877. The third kappa shape index (κ3) is 2.80. The quantitative estimate of drug-likeness (QED) is 0.833. The molecule has 1 heterocycles. The molecule has 96 valence electrons. The van der Waals surface area contributed by atoms with Crippen molar-refractivity contribution in [2.45, 2.75) is 19.9 Å². The molecule has 0 fully saturated rings. The van der Waals surface area contributed by atoms with E-state index in [0.717, 1.165) is 17.7 Å². The van der Waals surface area contributed by atoms with Crippen LogP contribution in [0.15, 0.2) is 24.3 Å². The number of fused-ring (bicyclic) bond motifs is 1. The van der Waals surface area contributed by atoms with E-state index in [4.69, 9.17) is 0 Å². The Morgan fingerprint density at radius 2 is 2.17 bits per heavy atom. The lowest BCUT2D eigenvalue weighted by Crippen LogP contribution is -2.42. The van der Waals surface area contributed by atoms with Gasteiger partial charge in [0, 0.05) is 12.2 Å². The van der Waals surface area contributed by atoms with E-state index in [1.54, 1.807) is 0 Å². The number of carbonyl (C=O) groups is 2. The zero-order valence-electron chi connectivity index (χ0n) is 10.4. The summed E-state index contributed by atoms with van der Waals surface area (Å²) in [4.78, 5) is 25.1. The van der Waals surface area contributed by atoms with Crippen LogP contribution in [0.5, 0.6) is 0 Å². The van der Waals surface area contributed by atoms with Crippen molar-refractivity contribution >= 4 is 17.6 Å². The molecular formula is C13H17N3O2. The molecular weight excluding hydrogens is 230 g/mol. The van der Waals surface area contributed by atoms with E-state index >= 15 is 0 Å². The summed E-state index contributed by atoms with van der Waals surface area (Å²) in [6, 6.07) is 7.34. The molecule has 5 nitrogen and oxygen atoms in total. The Morgan fingerprint density at radius 3 is 2.94 bits per heavy atom. The highest BCUT2D eigenvalue weighted by Gasteiger charge is 2.22. The molecule has 2 rings (SSSR count). The van der Waals surface area contributed by atoms with Crippen LogP contribution in [-0.4, -0.2) is 29.9 Å². The predicted molar refractivity (Wildman–Crippen MR) is 69.2 cm³/mol. The van der Waals surface area contributed by atoms with Crippen LogP contribution in [0.25, 0.3) is 0 Å². The van der Waals surface area contributed by atoms with Crippen LogP contribution in [-0.2, 0) is 11.3 Å². The first-order chi connectivity index (χ1) is 8.70. The van der Waals surface area contributed by atoms with E-state index in [2.05, 4.69) is 10.6 Å². The van der Waals surface area contributed by atoms with Crippen LogP contribution in [0, 0.1) is 0 Å². The van der Waals surface area contributed by atoms with Crippen LogP contribution < -0.4 is 10.6 Å². The number of hydrogen-bond donors (Lipinski definition) is 2. The number of urea groups is 1. The van der Waals surface area contributed by atoms with E-state index in [9.17, 15) is 9.59 Å². The smallest absolute Gasteiger partial charge is 0.318 e. The van der Waals surface area contributed by atoms with E-state index in [1.807, 2.05) is 31.2 Å². The third-order valence-corrected chi connectivity index (χ3v) is 2.80. The van der Waals surface area contributed by atoms with Gasteiger partial charge in [-0.1, -0.05) is 25.1 Å². The molecule has 0 aromatic heterocycles. The molecule has 0 saturated carbocycles. The Hall–Kier alpha value is -2.04. The zero-order chi connectivity index (χ0) is 13.0. The van der Waals surface area contributed by atoms with Crippen molar-refractivity contribution in [2.75, 3.05) is 18.4 Å². The van der Waals surface area contributed by atoms with Crippen molar-refractivity contribution in [2.24, 2.45) is 0 Å². The fourth-order valence-corrected chi connectivity index (χ4v) is 1.89. The standard InChI is InChI=1S/C13H17N3O2/c1-2-7-14-13(18)16-8-10-5-3-4-6-11(10)15-12(17)9-16/h3-6H,2,7-9H2,1H3,(H,14,18)(H,15,17). The van der Waals surface area contributed by atoms with Gasteiger partial charge in [-0.25, -0.2) is 4.79 Å². The minimum absolute atomic E-state index is 0.0875. The second kappa shape index (κ2) is 5.53. The van der Waals surface area contributed by atoms with Gasteiger partial charge in [0.2, 0.25) is 5.91 Å². The Balaban J connectivity index is 2.15. The van der Waals surface area contributed by atoms with Gasteiger partial charge in [-0.15, -0.1) is 0 Å². The second-order valence-electron chi connectivity index (χ2n) is 4.29. The maximum Gasteiger partial charge on any atom is 0.318 e. The van der Waals surface area contributed by atoms with E-state index in [0.29, 0.717) is 13.1 Å². The molecule has 1 aromatic carbocycles. The Kier molecular flexibility index (Phi) is 3.82. The highest BCUT2D eigenvalue weighted by atomic mass is 16.2. The molecule has 0 unspecified atom stereocenters. The van der Waals surface area contributed by atoms with E-state index in [-0.39, 0.29) is 18.5 Å². The number of hydrogen-bond acceptors (Lipinski definition) is 2. The molecule has 0 saturated heterocycles. The summed E-state index contributed by atoms with van der Waals surface area (Å²) in [7, 11) is 0. The van der Waals surface area contributed by atoms with Crippen molar-refractivity contribution in [3.8, 4) is 0 Å². The topological polar surface area (TPSA) is 61.4 Å². The second-order valence-corrected chi connectivity index (χ2v) is 4.29. The minimum Gasteiger partial charge on any atom is -0.338 e. The number of amides is 3. The number of benzene rings is 1. The summed E-state index contributed by atoms with van der Waals surface area (Å²) in [5.74, 6) is -0.161. The van der Waals surface area contributed by atoms with E-state index < -0.39 is 0 Å². The molecule has 2 N–H and O–H groups in total. The van der Waals surface area contributed by atoms with Gasteiger partial charge in [-0.05, 0) is 18.1 Å². The minimum atomic E-state index is -0.191. The van der Waals surface area contributed by atoms with Gasteiger partial charge in [-0.3, -0.25) is 4.79 Å². The highest BCUT2D eigenvalue weighted by Crippen LogP contribution is 2.19. The summed E-state index contributed by atoms with van der Waals surface area (Å²) in [5, 5.41) is 5.59. The third-order valence-electron chi connectivity index (χ3n) is 2.80. The lowest BCUT2D eigenvalue weighted by atomic mass is 10.2. The maximum atomic E-state index is 11.9. The summed E-state index contributed by atoms with van der Waals surface area (Å²) >= 11 is 0. The summed E-state index contributed by atoms with van der Waals surface area (Å²) in [6.45, 7) is 3.15. The van der Waals surface area contributed by atoms with Gasteiger partial charge in [0.25, 0.3) is 0 Å². The van der Waals surface area contributed by atoms with Crippen molar-refractivity contribution in [3.63, 3.8) is 0 Å². The molecule has 18 heavy (non-hydrogen) atoms. The normalized spacial score (nSPS) is 14.5. The number of para-hydroxylation sites is 1. The molecule has 5 heteroatoms. The number of anilines is 1. The molecule has 0 spiro atoms.